The predicted octanol–water partition coefficient (Wildman–Crippen LogP) is 1.62. The van der Waals surface area contributed by atoms with Crippen molar-refractivity contribution in [2.75, 3.05) is 13.2 Å². The lowest BCUT2D eigenvalue weighted by molar-refractivity contribution is -0.132. The van der Waals surface area contributed by atoms with Crippen molar-refractivity contribution >= 4 is 23.1 Å². The first-order chi connectivity index (χ1) is 8.44. The Hall–Kier alpha value is -0.680. The summed E-state index contributed by atoms with van der Waals surface area (Å²) in [7, 11) is 0. The van der Waals surface area contributed by atoms with Crippen molar-refractivity contribution in [3.8, 4) is 0 Å². The number of nitrogens with two attached hydrogens (primary N) is 1. The fraction of sp³-hybridized carbons (Fsp3) is 0.846. The maximum Gasteiger partial charge on any atom is 0.233 e. The van der Waals surface area contributed by atoms with Crippen LogP contribution >= 0.6 is 12.2 Å². The van der Waals surface area contributed by atoms with Crippen molar-refractivity contribution in [1.82, 2.24) is 5.32 Å². The van der Waals surface area contributed by atoms with E-state index in [9.17, 15) is 4.79 Å². The molecule has 1 saturated heterocycles. The number of hydrogen-bond acceptors (Lipinski definition) is 3. The Bertz CT molecular complexity index is 312. The Balaban J connectivity index is 2.80. The molecule has 0 saturated carbocycles. The highest BCUT2D eigenvalue weighted by atomic mass is 32.1. The van der Waals surface area contributed by atoms with Gasteiger partial charge in [0.1, 0.15) is 5.41 Å². The molecule has 1 heterocycles. The van der Waals surface area contributed by atoms with Crippen molar-refractivity contribution in [1.29, 1.82) is 0 Å². The molecule has 18 heavy (non-hydrogen) atoms. The molecule has 1 amide bonds. The van der Waals surface area contributed by atoms with Gasteiger partial charge in [-0.3, -0.25) is 4.79 Å². The summed E-state index contributed by atoms with van der Waals surface area (Å²) >= 11 is 5.12. The van der Waals surface area contributed by atoms with Crippen molar-refractivity contribution in [3.63, 3.8) is 0 Å². The number of nitrogens with one attached hydrogen (secondary N) is 1. The normalized spacial score (nSPS) is 20.4. The van der Waals surface area contributed by atoms with Crippen LogP contribution in [0.15, 0.2) is 0 Å². The van der Waals surface area contributed by atoms with E-state index in [-0.39, 0.29) is 11.9 Å². The molecule has 104 valence electrons. The second-order valence-electron chi connectivity index (χ2n) is 5.29. The predicted molar refractivity (Wildman–Crippen MR) is 76.3 cm³/mol. The van der Waals surface area contributed by atoms with E-state index < -0.39 is 5.41 Å². The zero-order valence-electron chi connectivity index (χ0n) is 11.5. The summed E-state index contributed by atoms with van der Waals surface area (Å²) in [5.74, 6) is 0.376. The van der Waals surface area contributed by atoms with Gasteiger partial charge >= 0.3 is 0 Å². The molecule has 1 aliphatic heterocycles. The molecule has 1 aliphatic rings. The Morgan fingerprint density at radius 3 is 2.39 bits per heavy atom. The molecular weight excluding hydrogens is 248 g/mol. The molecule has 1 unspecified atom stereocenters. The Kier molecular flexibility index (Phi) is 5.53. The van der Waals surface area contributed by atoms with Crippen LogP contribution in [-0.4, -0.2) is 30.2 Å². The van der Waals surface area contributed by atoms with Crippen LogP contribution in [0, 0.1) is 11.3 Å². The molecule has 0 aromatic rings. The van der Waals surface area contributed by atoms with Crippen LogP contribution in [0.4, 0.5) is 0 Å². The second kappa shape index (κ2) is 6.48. The second-order valence-corrected chi connectivity index (χ2v) is 5.73. The van der Waals surface area contributed by atoms with Gasteiger partial charge in [0.2, 0.25) is 5.91 Å². The van der Waals surface area contributed by atoms with Gasteiger partial charge in [-0.1, -0.05) is 33.0 Å². The molecule has 1 rings (SSSR count). The average Bonchev–Trinajstić information content (AvgIpc) is 2.35. The van der Waals surface area contributed by atoms with E-state index in [1.165, 1.54) is 0 Å². The Morgan fingerprint density at radius 2 is 2.00 bits per heavy atom. The van der Waals surface area contributed by atoms with Gasteiger partial charge in [0.25, 0.3) is 0 Å². The van der Waals surface area contributed by atoms with Crippen molar-refractivity contribution in [3.05, 3.63) is 0 Å². The first-order valence-corrected chi connectivity index (χ1v) is 7.03. The summed E-state index contributed by atoms with van der Waals surface area (Å²) in [6, 6.07) is 0.173. The third-order valence-corrected chi connectivity index (χ3v) is 4.20. The van der Waals surface area contributed by atoms with Gasteiger partial charge in [-0.15, -0.1) is 0 Å². The van der Waals surface area contributed by atoms with Gasteiger partial charge in [0.05, 0.1) is 4.99 Å². The number of carbonyl (C=O) groups excluding carboxylic acids is 1. The number of carbonyl (C=O) groups is 1. The lowest BCUT2D eigenvalue weighted by atomic mass is 9.78. The number of thiocarbonyl (C=S) groups is 1. The zero-order valence-corrected chi connectivity index (χ0v) is 12.3. The van der Waals surface area contributed by atoms with Gasteiger partial charge in [0.15, 0.2) is 0 Å². The topological polar surface area (TPSA) is 64.4 Å². The van der Waals surface area contributed by atoms with E-state index >= 15 is 0 Å². The largest absolute Gasteiger partial charge is 0.392 e. The van der Waals surface area contributed by atoms with Crippen LogP contribution in [0.2, 0.25) is 0 Å². The third-order valence-electron chi connectivity index (χ3n) is 3.81. The van der Waals surface area contributed by atoms with E-state index in [0.717, 1.165) is 6.42 Å². The highest BCUT2D eigenvalue weighted by Crippen LogP contribution is 2.31. The Morgan fingerprint density at radius 1 is 1.44 bits per heavy atom. The minimum Gasteiger partial charge on any atom is -0.392 e. The minimum atomic E-state index is -0.712. The Labute approximate surface area is 115 Å². The van der Waals surface area contributed by atoms with Crippen molar-refractivity contribution < 1.29 is 9.53 Å². The van der Waals surface area contributed by atoms with Gasteiger partial charge in [-0.05, 0) is 25.2 Å². The highest BCUT2D eigenvalue weighted by molar-refractivity contribution is 7.80. The van der Waals surface area contributed by atoms with E-state index in [0.29, 0.717) is 37.0 Å². The van der Waals surface area contributed by atoms with Crippen molar-refractivity contribution in [2.24, 2.45) is 17.1 Å². The molecule has 0 aromatic heterocycles. The van der Waals surface area contributed by atoms with Crippen LogP contribution in [0.5, 0.6) is 0 Å². The molecule has 3 N–H and O–H groups in total. The van der Waals surface area contributed by atoms with E-state index in [1.807, 2.05) is 0 Å². The quantitative estimate of drug-likeness (QED) is 0.747. The molecule has 5 heteroatoms. The standard InChI is InChI=1S/C13H24N2O2S/c1-4-10(9(2)3)15-12(16)13(11(14)18)5-7-17-8-6-13/h9-10H,4-8H2,1-3H3,(H2,14,18)(H,15,16). The molecule has 0 aromatic carbocycles. The van der Waals surface area contributed by atoms with Crippen LogP contribution in [0.25, 0.3) is 0 Å². The summed E-state index contributed by atoms with van der Waals surface area (Å²) in [6.45, 7) is 7.37. The summed E-state index contributed by atoms with van der Waals surface area (Å²) in [6.07, 6.45) is 2.08. The van der Waals surface area contributed by atoms with Gasteiger partial charge in [-0.25, -0.2) is 0 Å². The molecule has 0 radical (unpaired) electrons. The number of hydrogen-bond donors (Lipinski definition) is 2. The van der Waals surface area contributed by atoms with Crippen LogP contribution in [-0.2, 0) is 9.53 Å². The van der Waals surface area contributed by atoms with Gasteiger partial charge in [0, 0.05) is 19.3 Å². The first-order valence-electron chi connectivity index (χ1n) is 6.62. The molecule has 0 aliphatic carbocycles. The minimum absolute atomic E-state index is 0.0288. The van der Waals surface area contributed by atoms with Gasteiger partial charge < -0.3 is 15.8 Å². The highest BCUT2D eigenvalue weighted by Gasteiger charge is 2.43. The molecule has 1 atom stereocenters. The lowest BCUT2D eigenvalue weighted by Gasteiger charge is -2.36. The number of amides is 1. The average molecular weight is 272 g/mol. The zero-order chi connectivity index (χ0) is 13.8. The third kappa shape index (κ3) is 3.20. The number of ether oxygens (including phenoxy) is 1. The van der Waals surface area contributed by atoms with Crippen LogP contribution in [0.1, 0.15) is 40.0 Å². The first kappa shape index (κ1) is 15.4. The molecule has 0 bridgehead atoms. The van der Waals surface area contributed by atoms with E-state index in [2.05, 4.69) is 26.1 Å². The lowest BCUT2D eigenvalue weighted by Crippen LogP contribution is -2.54. The van der Waals surface area contributed by atoms with Crippen LogP contribution < -0.4 is 11.1 Å². The fourth-order valence-corrected chi connectivity index (χ4v) is 2.65. The van der Waals surface area contributed by atoms with Crippen LogP contribution in [0.3, 0.4) is 0 Å². The summed E-state index contributed by atoms with van der Waals surface area (Å²) in [4.78, 5) is 12.8. The monoisotopic (exact) mass is 272 g/mol. The summed E-state index contributed by atoms with van der Waals surface area (Å²) in [5, 5.41) is 3.10. The maximum absolute atomic E-state index is 12.5. The summed E-state index contributed by atoms with van der Waals surface area (Å²) < 4.78 is 5.31. The molecular formula is C13H24N2O2S. The van der Waals surface area contributed by atoms with Gasteiger partial charge in [-0.2, -0.15) is 0 Å². The summed E-state index contributed by atoms with van der Waals surface area (Å²) in [5.41, 5.74) is 5.10. The van der Waals surface area contributed by atoms with Crippen molar-refractivity contribution in [2.45, 2.75) is 46.1 Å². The number of rotatable bonds is 5. The molecule has 0 spiro atoms. The fourth-order valence-electron chi connectivity index (χ4n) is 2.35. The molecule has 1 fully saturated rings. The van der Waals surface area contributed by atoms with E-state index in [4.69, 9.17) is 22.7 Å². The van der Waals surface area contributed by atoms with E-state index in [1.54, 1.807) is 0 Å². The SMILES string of the molecule is CCC(NC(=O)C1(C(N)=S)CCOCC1)C(C)C. The maximum atomic E-state index is 12.5. The smallest absolute Gasteiger partial charge is 0.233 e. The molecule has 4 nitrogen and oxygen atoms in total.